The highest BCUT2D eigenvalue weighted by molar-refractivity contribution is 7.89. The summed E-state index contributed by atoms with van der Waals surface area (Å²) >= 11 is 0. The first-order valence-electron chi connectivity index (χ1n) is 5.52. The lowest BCUT2D eigenvalue weighted by Gasteiger charge is -2.04. The molecule has 0 radical (unpaired) electrons. The SMILES string of the molecule is Cc1nn(CCCCC(=O)O)c(C)c1S(N)(=O)=O. The number of hydrogen-bond acceptors (Lipinski definition) is 4. The molecule has 7 nitrogen and oxygen atoms in total. The molecule has 0 atom stereocenters. The highest BCUT2D eigenvalue weighted by Gasteiger charge is 2.20. The van der Waals surface area contributed by atoms with Gasteiger partial charge in [-0.3, -0.25) is 9.48 Å². The van der Waals surface area contributed by atoms with Crippen LogP contribution in [0.5, 0.6) is 0 Å². The fraction of sp³-hybridized carbons (Fsp3) is 0.600. The second kappa shape index (κ2) is 5.49. The van der Waals surface area contributed by atoms with E-state index in [1.165, 1.54) is 0 Å². The molecule has 1 rings (SSSR count). The summed E-state index contributed by atoms with van der Waals surface area (Å²) in [7, 11) is -3.76. The van der Waals surface area contributed by atoms with E-state index < -0.39 is 16.0 Å². The van der Waals surface area contributed by atoms with E-state index in [-0.39, 0.29) is 11.3 Å². The van der Waals surface area contributed by atoms with E-state index in [2.05, 4.69) is 5.10 Å². The van der Waals surface area contributed by atoms with Crippen LogP contribution >= 0.6 is 0 Å². The smallest absolute Gasteiger partial charge is 0.303 e. The summed E-state index contributed by atoms with van der Waals surface area (Å²) in [5.41, 5.74) is 0.860. The molecule has 0 saturated carbocycles. The average molecular weight is 275 g/mol. The number of hydrogen-bond donors (Lipinski definition) is 2. The van der Waals surface area contributed by atoms with Gasteiger partial charge in [0.05, 0.1) is 11.4 Å². The summed E-state index contributed by atoms with van der Waals surface area (Å²) in [5, 5.41) is 17.7. The zero-order valence-electron chi connectivity index (χ0n) is 10.4. The molecule has 1 aromatic rings. The molecule has 1 aromatic heterocycles. The topological polar surface area (TPSA) is 115 Å². The Morgan fingerprint density at radius 2 is 2.00 bits per heavy atom. The summed E-state index contributed by atoms with van der Waals surface area (Å²) in [6.07, 6.45) is 1.25. The molecule has 18 heavy (non-hydrogen) atoms. The summed E-state index contributed by atoms with van der Waals surface area (Å²) < 4.78 is 24.3. The standard InChI is InChI=1S/C10H17N3O4S/c1-7-10(18(11,16)17)8(2)13(12-7)6-4-3-5-9(14)15/h3-6H2,1-2H3,(H,14,15)(H2,11,16,17). The number of sulfonamides is 1. The maximum Gasteiger partial charge on any atom is 0.303 e. The second-order valence-electron chi connectivity index (χ2n) is 4.12. The fourth-order valence-corrected chi connectivity index (χ4v) is 2.82. The predicted molar refractivity (Wildman–Crippen MR) is 64.6 cm³/mol. The van der Waals surface area contributed by atoms with E-state index in [9.17, 15) is 13.2 Å². The molecule has 0 amide bonds. The third-order valence-electron chi connectivity index (χ3n) is 2.61. The molecule has 0 unspecified atom stereocenters. The Balaban J connectivity index is 2.78. The van der Waals surface area contributed by atoms with Crippen molar-refractivity contribution >= 4 is 16.0 Å². The first-order valence-corrected chi connectivity index (χ1v) is 7.06. The monoisotopic (exact) mass is 275 g/mol. The zero-order valence-corrected chi connectivity index (χ0v) is 11.2. The number of carboxylic acids is 1. The molecular formula is C10H17N3O4S. The summed E-state index contributed by atoms with van der Waals surface area (Å²) in [5.74, 6) is -0.839. The Kier molecular flexibility index (Phi) is 4.47. The molecule has 0 fully saturated rings. The fourth-order valence-electron chi connectivity index (χ4n) is 1.85. The third kappa shape index (κ3) is 3.54. The van der Waals surface area contributed by atoms with Gasteiger partial charge in [-0.25, -0.2) is 13.6 Å². The molecule has 0 bridgehead atoms. The number of nitrogens with zero attached hydrogens (tertiary/aromatic N) is 2. The van der Waals surface area contributed by atoms with Crippen molar-refractivity contribution in [2.24, 2.45) is 5.14 Å². The van der Waals surface area contributed by atoms with Crippen molar-refractivity contribution in [3.05, 3.63) is 11.4 Å². The van der Waals surface area contributed by atoms with Crippen molar-refractivity contribution in [1.29, 1.82) is 0 Å². The van der Waals surface area contributed by atoms with Gasteiger partial charge >= 0.3 is 5.97 Å². The molecule has 0 aliphatic carbocycles. The highest BCUT2D eigenvalue weighted by Crippen LogP contribution is 2.18. The maximum atomic E-state index is 11.4. The molecule has 3 N–H and O–H groups in total. The Labute approximate surface area is 106 Å². The van der Waals surface area contributed by atoms with Crippen LogP contribution in [-0.4, -0.2) is 29.3 Å². The normalized spacial score (nSPS) is 11.7. The Hall–Kier alpha value is -1.41. The summed E-state index contributed by atoms with van der Waals surface area (Å²) in [4.78, 5) is 10.4. The van der Waals surface area contributed by atoms with Gasteiger partial charge in [-0.05, 0) is 26.7 Å². The minimum atomic E-state index is -3.76. The van der Waals surface area contributed by atoms with Gasteiger partial charge in [0, 0.05) is 13.0 Å². The zero-order chi connectivity index (χ0) is 13.9. The van der Waals surface area contributed by atoms with E-state index in [4.69, 9.17) is 10.2 Å². The van der Waals surface area contributed by atoms with Crippen LogP contribution in [-0.2, 0) is 21.4 Å². The molecule has 0 aliphatic heterocycles. The highest BCUT2D eigenvalue weighted by atomic mass is 32.2. The van der Waals surface area contributed by atoms with Crippen LogP contribution in [0.15, 0.2) is 4.90 Å². The molecule has 1 heterocycles. The number of aryl methyl sites for hydroxylation is 2. The number of aliphatic carboxylic acids is 1. The van der Waals surface area contributed by atoms with Crippen molar-refractivity contribution in [1.82, 2.24) is 9.78 Å². The van der Waals surface area contributed by atoms with Crippen LogP contribution in [0.25, 0.3) is 0 Å². The quantitative estimate of drug-likeness (QED) is 0.729. The number of rotatable bonds is 6. The van der Waals surface area contributed by atoms with Crippen molar-refractivity contribution in [2.75, 3.05) is 0 Å². The van der Waals surface area contributed by atoms with Gasteiger partial charge < -0.3 is 5.11 Å². The van der Waals surface area contributed by atoms with Crippen LogP contribution in [0.2, 0.25) is 0 Å². The number of unbranched alkanes of at least 4 members (excludes halogenated alkanes) is 1. The van der Waals surface area contributed by atoms with E-state index >= 15 is 0 Å². The second-order valence-corrected chi connectivity index (χ2v) is 5.62. The molecule has 0 aliphatic rings. The predicted octanol–water partition coefficient (Wildman–Crippen LogP) is 0.402. The Morgan fingerprint density at radius 1 is 1.39 bits per heavy atom. The number of nitrogens with two attached hydrogens (primary N) is 1. The van der Waals surface area contributed by atoms with Gasteiger partial charge in [-0.2, -0.15) is 5.10 Å². The first-order chi connectivity index (χ1) is 8.23. The first kappa shape index (κ1) is 14.7. The van der Waals surface area contributed by atoms with Gasteiger partial charge in [0.25, 0.3) is 0 Å². The molecule has 0 aromatic carbocycles. The molecule has 8 heteroatoms. The third-order valence-corrected chi connectivity index (χ3v) is 3.77. The Morgan fingerprint density at radius 3 is 2.44 bits per heavy atom. The largest absolute Gasteiger partial charge is 0.481 e. The van der Waals surface area contributed by atoms with Gasteiger partial charge in [0.15, 0.2) is 0 Å². The van der Waals surface area contributed by atoms with Gasteiger partial charge in [-0.1, -0.05) is 0 Å². The van der Waals surface area contributed by atoms with E-state index in [0.717, 1.165) is 0 Å². The minimum absolute atomic E-state index is 0.0562. The van der Waals surface area contributed by atoms with E-state index in [1.54, 1.807) is 18.5 Å². The number of aromatic nitrogens is 2. The van der Waals surface area contributed by atoms with Crippen molar-refractivity contribution in [2.45, 2.75) is 44.6 Å². The average Bonchev–Trinajstić information content (AvgIpc) is 2.47. The molecular weight excluding hydrogens is 258 g/mol. The van der Waals surface area contributed by atoms with Crippen molar-refractivity contribution in [3.63, 3.8) is 0 Å². The van der Waals surface area contributed by atoms with Gasteiger partial charge in [0.2, 0.25) is 10.0 Å². The Bertz CT molecular complexity index is 548. The lowest BCUT2D eigenvalue weighted by molar-refractivity contribution is -0.137. The summed E-state index contributed by atoms with van der Waals surface area (Å²) in [6, 6.07) is 0. The number of carboxylic acid groups (broad SMARTS) is 1. The van der Waals surface area contributed by atoms with E-state index in [1.807, 2.05) is 0 Å². The molecule has 0 spiro atoms. The van der Waals surface area contributed by atoms with Gasteiger partial charge in [0.1, 0.15) is 4.90 Å². The maximum absolute atomic E-state index is 11.4. The summed E-state index contributed by atoms with van der Waals surface area (Å²) in [6.45, 7) is 3.70. The van der Waals surface area contributed by atoms with Crippen LogP contribution < -0.4 is 5.14 Å². The number of primary sulfonamides is 1. The van der Waals surface area contributed by atoms with Crippen LogP contribution in [0, 0.1) is 13.8 Å². The van der Waals surface area contributed by atoms with Crippen molar-refractivity contribution < 1.29 is 18.3 Å². The lowest BCUT2D eigenvalue weighted by Crippen LogP contribution is -2.14. The van der Waals surface area contributed by atoms with Crippen LogP contribution in [0.3, 0.4) is 0 Å². The van der Waals surface area contributed by atoms with Crippen LogP contribution in [0.1, 0.15) is 30.7 Å². The lowest BCUT2D eigenvalue weighted by atomic mass is 10.2. The molecule has 102 valence electrons. The number of carbonyl (C=O) groups is 1. The minimum Gasteiger partial charge on any atom is -0.481 e. The van der Waals surface area contributed by atoms with E-state index in [0.29, 0.717) is 30.8 Å². The molecule has 0 saturated heterocycles. The van der Waals surface area contributed by atoms with Crippen LogP contribution in [0.4, 0.5) is 0 Å². The van der Waals surface area contributed by atoms with Gasteiger partial charge in [-0.15, -0.1) is 0 Å². The van der Waals surface area contributed by atoms with Crippen molar-refractivity contribution in [3.8, 4) is 0 Å².